The molecule has 2 N–H and O–H groups in total. The van der Waals surface area contributed by atoms with Crippen LogP contribution in [-0.4, -0.2) is 23.0 Å². The summed E-state index contributed by atoms with van der Waals surface area (Å²) >= 11 is 0. The fourth-order valence-electron chi connectivity index (χ4n) is 2.64. The van der Waals surface area contributed by atoms with Crippen LogP contribution in [0.2, 0.25) is 0 Å². The summed E-state index contributed by atoms with van der Waals surface area (Å²) in [5.74, 6) is 0.861. The number of benzene rings is 2. The van der Waals surface area contributed by atoms with Crippen molar-refractivity contribution in [3.05, 3.63) is 77.6 Å². The van der Waals surface area contributed by atoms with Crippen LogP contribution in [0.15, 0.2) is 60.7 Å². The van der Waals surface area contributed by atoms with Crippen molar-refractivity contribution in [3.63, 3.8) is 0 Å². The number of carbonyl (C=O) groups is 1. The molecule has 0 radical (unpaired) electrons. The molecule has 1 atom stereocenters. The lowest BCUT2D eigenvalue weighted by Gasteiger charge is -2.15. The van der Waals surface area contributed by atoms with Crippen molar-refractivity contribution in [3.8, 4) is 5.75 Å². The Bertz CT molecular complexity index is 911. The van der Waals surface area contributed by atoms with Crippen molar-refractivity contribution >= 4 is 17.5 Å². The van der Waals surface area contributed by atoms with Crippen LogP contribution in [0.1, 0.15) is 34.7 Å². The topological polar surface area (TPSA) is 76.1 Å². The molecule has 3 rings (SSSR count). The van der Waals surface area contributed by atoms with Gasteiger partial charge in [-0.2, -0.15) is 0 Å². The largest absolute Gasteiger partial charge is 0.497 e. The van der Waals surface area contributed by atoms with Crippen LogP contribution >= 0.6 is 0 Å². The second kappa shape index (κ2) is 8.31. The molecule has 1 unspecified atom stereocenters. The van der Waals surface area contributed by atoms with E-state index in [4.69, 9.17) is 4.74 Å². The van der Waals surface area contributed by atoms with Crippen LogP contribution in [0.25, 0.3) is 0 Å². The van der Waals surface area contributed by atoms with Gasteiger partial charge in [0, 0.05) is 11.4 Å². The normalized spacial score (nSPS) is 11.5. The summed E-state index contributed by atoms with van der Waals surface area (Å²) in [6, 6.07) is 18.8. The molecule has 0 saturated carbocycles. The first kappa shape index (κ1) is 18.4. The van der Waals surface area contributed by atoms with E-state index < -0.39 is 0 Å². The maximum absolute atomic E-state index is 12.6. The number of hydrogen-bond donors (Lipinski definition) is 2. The van der Waals surface area contributed by atoms with E-state index >= 15 is 0 Å². The molecule has 0 spiro atoms. The number of carbonyl (C=O) groups excluding carboxylic acids is 1. The lowest BCUT2D eigenvalue weighted by Crippen LogP contribution is -2.17. The Labute approximate surface area is 158 Å². The van der Waals surface area contributed by atoms with Crippen LogP contribution in [0.3, 0.4) is 0 Å². The summed E-state index contributed by atoms with van der Waals surface area (Å²) < 4.78 is 5.12. The number of nitrogens with zero attached hydrogens (tertiary/aromatic N) is 2. The van der Waals surface area contributed by atoms with Gasteiger partial charge in [-0.25, -0.2) is 9.97 Å². The number of ether oxygens (including phenoxy) is 1. The molecule has 0 aliphatic heterocycles. The molecular formula is C21H22N4O2. The minimum atomic E-state index is -0.291. The molecule has 0 saturated heterocycles. The number of methoxy groups -OCH3 is 1. The zero-order valence-corrected chi connectivity index (χ0v) is 15.6. The summed E-state index contributed by atoms with van der Waals surface area (Å²) in [6.07, 6.45) is 0. The highest BCUT2D eigenvalue weighted by Gasteiger charge is 2.13. The van der Waals surface area contributed by atoms with Crippen molar-refractivity contribution in [2.45, 2.75) is 19.9 Å². The van der Waals surface area contributed by atoms with E-state index in [0.29, 0.717) is 23.0 Å². The highest BCUT2D eigenvalue weighted by atomic mass is 16.5. The SMILES string of the molecule is COc1ccc(NC(=O)c2cc(C)nc(NC(C)c3ccccc3)n2)cc1. The molecular weight excluding hydrogens is 340 g/mol. The van der Waals surface area contributed by atoms with Gasteiger partial charge in [0.05, 0.1) is 13.2 Å². The van der Waals surface area contributed by atoms with Crippen LogP contribution in [-0.2, 0) is 0 Å². The quantitative estimate of drug-likeness (QED) is 0.687. The average Bonchev–Trinajstić information content (AvgIpc) is 2.68. The molecule has 3 aromatic rings. The minimum absolute atomic E-state index is 0.0190. The van der Waals surface area contributed by atoms with E-state index in [1.54, 1.807) is 37.4 Å². The van der Waals surface area contributed by atoms with Gasteiger partial charge < -0.3 is 15.4 Å². The zero-order valence-electron chi connectivity index (χ0n) is 15.6. The Morgan fingerprint density at radius 2 is 1.74 bits per heavy atom. The van der Waals surface area contributed by atoms with E-state index in [1.165, 1.54) is 0 Å². The van der Waals surface area contributed by atoms with E-state index in [1.807, 2.05) is 44.2 Å². The van der Waals surface area contributed by atoms with Crippen molar-refractivity contribution in [1.82, 2.24) is 9.97 Å². The first-order chi connectivity index (χ1) is 13.0. The molecule has 27 heavy (non-hydrogen) atoms. The van der Waals surface area contributed by atoms with Crippen molar-refractivity contribution in [1.29, 1.82) is 0 Å². The summed E-state index contributed by atoms with van der Waals surface area (Å²) in [4.78, 5) is 21.3. The number of aromatic nitrogens is 2. The molecule has 2 aromatic carbocycles. The highest BCUT2D eigenvalue weighted by Crippen LogP contribution is 2.18. The summed E-state index contributed by atoms with van der Waals surface area (Å²) in [7, 11) is 1.60. The molecule has 6 heteroatoms. The van der Waals surface area contributed by atoms with Crippen LogP contribution in [0.5, 0.6) is 5.75 Å². The van der Waals surface area contributed by atoms with Gasteiger partial charge in [-0.05, 0) is 49.7 Å². The van der Waals surface area contributed by atoms with E-state index in [-0.39, 0.29) is 11.9 Å². The van der Waals surface area contributed by atoms with Gasteiger partial charge in [0.2, 0.25) is 5.95 Å². The average molecular weight is 362 g/mol. The summed E-state index contributed by atoms with van der Waals surface area (Å²) in [6.45, 7) is 3.86. The maximum atomic E-state index is 12.6. The Hall–Kier alpha value is -3.41. The predicted molar refractivity (Wildman–Crippen MR) is 106 cm³/mol. The second-order valence-corrected chi connectivity index (χ2v) is 6.18. The third kappa shape index (κ3) is 4.82. The fraction of sp³-hybridized carbons (Fsp3) is 0.190. The fourth-order valence-corrected chi connectivity index (χ4v) is 2.64. The second-order valence-electron chi connectivity index (χ2n) is 6.18. The molecule has 6 nitrogen and oxygen atoms in total. The minimum Gasteiger partial charge on any atom is -0.497 e. The van der Waals surface area contributed by atoms with Crippen molar-refractivity contribution in [2.75, 3.05) is 17.7 Å². The predicted octanol–water partition coefficient (Wildman–Crippen LogP) is 4.22. The van der Waals surface area contributed by atoms with E-state index in [2.05, 4.69) is 20.6 Å². The lowest BCUT2D eigenvalue weighted by atomic mass is 10.1. The summed E-state index contributed by atoms with van der Waals surface area (Å²) in [5.41, 5.74) is 2.81. The molecule has 1 aromatic heterocycles. The number of aryl methyl sites for hydroxylation is 1. The first-order valence-corrected chi connectivity index (χ1v) is 8.68. The monoisotopic (exact) mass is 362 g/mol. The number of nitrogens with one attached hydrogen (secondary N) is 2. The number of amides is 1. The van der Waals surface area contributed by atoms with Gasteiger partial charge in [0.15, 0.2) is 0 Å². The maximum Gasteiger partial charge on any atom is 0.274 e. The van der Waals surface area contributed by atoms with Crippen LogP contribution < -0.4 is 15.4 Å². The zero-order chi connectivity index (χ0) is 19.2. The number of anilines is 2. The lowest BCUT2D eigenvalue weighted by molar-refractivity contribution is 0.102. The standard InChI is InChI=1S/C21H22N4O2/c1-14-13-19(20(26)24-17-9-11-18(27-3)12-10-17)25-21(22-14)23-15(2)16-7-5-4-6-8-16/h4-13,15H,1-3H3,(H,24,26)(H,22,23,25). The molecule has 138 valence electrons. The number of hydrogen-bond acceptors (Lipinski definition) is 5. The first-order valence-electron chi connectivity index (χ1n) is 8.68. The molecule has 1 heterocycles. The van der Waals surface area contributed by atoms with Gasteiger partial charge in [0.1, 0.15) is 11.4 Å². The van der Waals surface area contributed by atoms with Crippen molar-refractivity contribution < 1.29 is 9.53 Å². The highest BCUT2D eigenvalue weighted by molar-refractivity contribution is 6.03. The van der Waals surface area contributed by atoms with Gasteiger partial charge in [-0.1, -0.05) is 30.3 Å². The van der Waals surface area contributed by atoms with Gasteiger partial charge in [0.25, 0.3) is 5.91 Å². The third-order valence-electron chi connectivity index (χ3n) is 4.08. The third-order valence-corrected chi connectivity index (χ3v) is 4.08. The van der Waals surface area contributed by atoms with Gasteiger partial charge in [-0.15, -0.1) is 0 Å². The molecule has 0 aliphatic rings. The van der Waals surface area contributed by atoms with Crippen molar-refractivity contribution in [2.24, 2.45) is 0 Å². The Kier molecular flexibility index (Phi) is 5.66. The van der Waals surface area contributed by atoms with Gasteiger partial charge in [-0.3, -0.25) is 4.79 Å². The molecule has 0 aliphatic carbocycles. The summed E-state index contributed by atoms with van der Waals surface area (Å²) in [5, 5.41) is 6.09. The van der Waals surface area contributed by atoms with Gasteiger partial charge >= 0.3 is 0 Å². The van der Waals surface area contributed by atoms with E-state index in [0.717, 1.165) is 11.3 Å². The Morgan fingerprint density at radius 3 is 2.41 bits per heavy atom. The smallest absolute Gasteiger partial charge is 0.274 e. The Morgan fingerprint density at radius 1 is 1.04 bits per heavy atom. The Balaban J connectivity index is 1.74. The molecule has 0 fully saturated rings. The van der Waals surface area contributed by atoms with Crippen LogP contribution in [0, 0.1) is 6.92 Å². The van der Waals surface area contributed by atoms with Crippen LogP contribution in [0.4, 0.5) is 11.6 Å². The molecule has 0 bridgehead atoms. The van der Waals surface area contributed by atoms with E-state index in [9.17, 15) is 4.79 Å². The number of rotatable bonds is 6. The molecule has 1 amide bonds.